The van der Waals surface area contributed by atoms with Gasteiger partial charge in [-0.15, -0.1) is 0 Å². The molecule has 4 heterocycles. The minimum Gasteiger partial charge on any atom is -0.367 e. The van der Waals surface area contributed by atoms with Crippen molar-refractivity contribution < 1.29 is 12.8 Å². The van der Waals surface area contributed by atoms with E-state index in [4.69, 9.17) is 0 Å². The number of halogens is 1. The van der Waals surface area contributed by atoms with Crippen molar-refractivity contribution in [3.05, 3.63) is 79.0 Å². The molecule has 11 heteroatoms. The third-order valence-electron chi connectivity index (χ3n) is 6.19. The van der Waals surface area contributed by atoms with Crippen LogP contribution in [0.4, 0.5) is 21.7 Å². The minimum absolute atomic E-state index is 0.0804. The number of benzene rings is 2. The predicted octanol–water partition coefficient (Wildman–Crippen LogP) is 3.51. The molecule has 1 saturated heterocycles. The van der Waals surface area contributed by atoms with E-state index in [0.717, 1.165) is 35.5 Å². The van der Waals surface area contributed by atoms with E-state index in [-0.39, 0.29) is 22.3 Å². The number of nitrogens with zero attached hydrogens (tertiary/aromatic N) is 5. The Morgan fingerprint density at radius 1 is 0.972 bits per heavy atom. The summed E-state index contributed by atoms with van der Waals surface area (Å²) < 4.78 is 43.2. The Morgan fingerprint density at radius 2 is 1.81 bits per heavy atom. The molecule has 182 valence electrons. The Bertz CT molecular complexity index is 1690. The molecule has 9 nitrogen and oxygen atoms in total. The normalized spacial score (nSPS) is 14.4. The topological polar surface area (TPSA) is 105 Å². The second-order valence-corrected chi connectivity index (χ2v) is 10.2. The van der Waals surface area contributed by atoms with Gasteiger partial charge in [-0.2, -0.15) is 4.98 Å². The molecule has 3 aromatic heterocycles. The molecule has 0 bridgehead atoms. The maximum absolute atomic E-state index is 14.8. The van der Waals surface area contributed by atoms with Crippen molar-refractivity contribution in [2.45, 2.75) is 4.90 Å². The monoisotopic (exact) mass is 503 g/mol. The number of hydrogen-bond acceptors (Lipinski definition) is 8. The van der Waals surface area contributed by atoms with Crippen LogP contribution in [-0.2, 0) is 10.0 Å². The second-order valence-electron chi connectivity index (χ2n) is 8.45. The summed E-state index contributed by atoms with van der Waals surface area (Å²) in [5.74, 6) is -0.194. The number of piperazine rings is 1. The van der Waals surface area contributed by atoms with Gasteiger partial charge >= 0.3 is 0 Å². The molecule has 36 heavy (non-hydrogen) atoms. The number of aromatic nitrogens is 4. The first kappa shape index (κ1) is 22.4. The first-order chi connectivity index (χ1) is 17.5. The van der Waals surface area contributed by atoms with Crippen LogP contribution in [0.15, 0.2) is 78.1 Å². The van der Waals surface area contributed by atoms with E-state index in [2.05, 4.69) is 25.6 Å². The van der Waals surface area contributed by atoms with Crippen LogP contribution in [0, 0.1) is 5.82 Å². The van der Waals surface area contributed by atoms with Gasteiger partial charge in [-0.3, -0.25) is 4.98 Å². The SMILES string of the molecule is O=S(=O)(c1cccc2cccnc12)n1ccc2cnc(Nc3ccc(N4CCNCC4)c(F)c3)nc21. The molecular formula is C25H22FN7O2S. The van der Waals surface area contributed by atoms with Gasteiger partial charge in [0.15, 0.2) is 5.65 Å². The van der Waals surface area contributed by atoms with Crippen LogP contribution in [-0.4, -0.2) is 53.5 Å². The van der Waals surface area contributed by atoms with E-state index in [9.17, 15) is 12.8 Å². The summed E-state index contributed by atoms with van der Waals surface area (Å²) in [6, 6.07) is 15.1. The van der Waals surface area contributed by atoms with Crippen LogP contribution in [0.5, 0.6) is 0 Å². The maximum atomic E-state index is 14.8. The van der Waals surface area contributed by atoms with Crippen LogP contribution in [0.2, 0.25) is 0 Å². The molecule has 0 saturated carbocycles. The number of fused-ring (bicyclic) bond motifs is 2. The molecular weight excluding hydrogens is 481 g/mol. The highest BCUT2D eigenvalue weighted by Crippen LogP contribution is 2.28. The summed E-state index contributed by atoms with van der Waals surface area (Å²) in [5.41, 5.74) is 1.60. The molecule has 0 atom stereocenters. The van der Waals surface area contributed by atoms with Crippen molar-refractivity contribution in [2.75, 3.05) is 36.4 Å². The van der Waals surface area contributed by atoms with Crippen LogP contribution in [0.3, 0.4) is 0 Å². The van der Waals surface area contributed by atoms with Crippen molar-refractivity contribution in [1.82, 2.24) is 24.2 Å². The van der Waals surface area contributed by atoms with Gasteiger partial charge in [0.2, 0.25) is 5.95 Å². The van der Waals surface area contributed by atoms with Crippen molar-refractivity contribution >= 4 is 49.3 Å². The average Bonchev–Trinajstić information content (AvgIpc) is 3.33. The van der Waals surface area contributed by atoms with Gasteiger partial charge in [-0.25, -0.2) is 21.8 Å². The number of nitrogens with one attached hydrogen (secondary N) is 2. The van der Waals surface area contributed by atoms with E-state index in [1.807, 2.05) is 17.0 Å². The summed E-state index contributed by atoms with van der Waals surface area (Å²) in [5, 5.41) is 7.52. The van der Waals surface area contributed by atoms with Crippen molar-refractivity contribution in [3.8, 4) is 0 Å². The minimum atomic E-state index is -4.00. The van der Waals surface area contributed by atoms with Gasteiger partial charge < -0.3 is 15.5 Å². The van der Waals surface area contributed by atoms with E-state index in [0.29, 0.717) is 22.3 Å². The fourth-order valence-corrected chi connectivity index (χ4v) is 5.89. The summed E-state index contributed by atoms with van der Waals surface area (Å²) in [6.45, 7) is 3.09. The molecule has 6 rings (SSSR count). The molecule has 5 aromatic rings. The zero-order chi connectivity index (χ0) is 24.7. The Kier molecular flexibility index (Phi) is 5.50. The predicted molar refractivity (Wildman–Crippen MR) is 137 cm³/mol. The zero-order valence-corrected chi connectivity index (χ0v) is 19.9. The fraction of sp³-hybridized carbons (Fsp3) is 0.160. The number of rotatable bonds is 5. The summed E-state index contributed by atoms with van der Waals surface area (Å²) in [4.78, 5) is 15.1. The van der Waals surface area contributed by atoms with Gasteiger partial charge in [0, 0.05) is 61.2 Å². The average molecular weight is 504 g/mol. The van der Waals surface area contributed by atoms with Gasteiger partial charge in [-0.05, 0) is 36.4 Å². The van der Waals surface area contributed by atoms with Crippen LogP contribution < -0.4 is 15.5 Å². The molecule has 2 N–H and O–H groups in total. The van der Waals surface area contributed by atoms with Crippen LogP contribution in [0.1, 0.15) is 0 Å². The molecule has 0 amide bonds. The highest BCUT2D eigenvalue weighted by molar-refractivity contribution is 7.90. The van der Waals surface area contributed by atoms with E-state index >= 15 is 0 Å². The molecule has 0 unspecified atom stereocenters. The summed E-state index contributed by atoms with van der Waals surface area (Å²) in [7, 11) is -4.00. The third kappa shape index (κ3) is 3.91. The smallest absolute Gasteiger partial charge is 0.271 e. The Balaban J connectivity index is 1.34. The van der Waals surface area contributed by atoms with Crippen LogP contribution in [0.25, 0.3) is 21.9 Å². The highest BCUT2D eigenvalue weighted by atomic mass is 32.2. The standard InChI is InChI=1S/C25H22FN7O2S/c26-20-15-19(6-7-21(20)32-13-10-27-11-14-32)30-25-29-16-18-8-12-33(24(18)31-25)36(34,35)22-5-1-3-17-4-2-9-28-23(17)22/h1-9,12,15-16,27H,10-11,13-14H2,(H,29,30,31). The Labute approximate surface area is 206 Å². The van der Waals surface area contributed by atoms with Crippen LogP contribution >= 0.6 is 0 Å². The van der Waals surface area contributed by atoms with Crippen molar-refractivity contribution in [2.24, 2.45) is 0 Å². The highest BCUT2D eigenvalue weighted by Gasteiger charge is 2.23. The quantitative estimate of drug-likeness (QED) is 0.376. The van der Waals surface area contributed by atoms with Gasteiger partial charge in [0.1, 0.15) is 10.7 Å². The molecule has 2 aromatic carbocycles. The lowest BCUT2D eigenvalue weighted by Crippen LogP contribution is -2.43. The van der Waals surface area contributed by atoms with Gasteiger partial charge in [0.05, 0.1) is 11.2 Å². The van der Waals surface area contributed by atoms with Crippen molar-refractivity contribution in [3.63, 3.8) is 0 Å². The molecule has 1 fully saturated rings. The van der Waals surface area contributed by atoms with Gasteiger partial charge in [0.25, 0.3) is 10.0 Å². The molecule has 0 aliphatic carbocycles. The Hall–Kier alpha value is -4.09. The lowest BCUT2D eigenvalue weighted by Gasteiger charge is -2.29. The first-order valence-corrected chi connectivity index (χ1v) is 12.9. The molecule has 0 spiro atoms. The number of hydrogen-bond donors (Lipinski definition) is 2. The Morgan fingerprint density at radius 3 is 2.64 bits per heavy atom. The zero-order valence-electron chi connectivity index (χ0n) is 19.1. The molecule has 0 radical (unpaired) electrons. The number of para-hydroxylation sites is 1. The number of pyridine rings is 1. The lowest BCUT2D eigenvalue weighted by atomic mass is 10.2. The van der Waals surface area contributed by atoms with Crippen molar-refractivity contribution in [1.29, 1.82) is 0 Å². The van der Waals surface area contributed by atoms with E-state index in [1.54, 1.807) is 36.5 Å². The maximum Gasteiger partial charge on any atom is 0.271 e. The summed E-state index contributed by atoms with van der Waals surface area (Å²) in [6.07, 6.45) is 4.54. The second kappa shape index (κ2) is 8.85. The van der Waals surface area contributed by atoms with E-state index < -0.39 is 10.0 Å². The van der Waals surface area contributed by atoms with Gasteiger partial charge in [-0.1, -0.05) is 18.2 Å². The molecule has 1 aliphatic rings. The first-order valence-electron chi connectivity index (χ1n) is 11.5. The largest absolute Gasteiger partial charge is 0.367 e. The third-order valence-corrected chi connectivity index (χ3v) is 7.89. The van der Waals surface area contributed by atoms with E-state index in [1.165, 1.54) is 24.5 Å². The molecule has 1 aliphatic heterocycles. The number of anilines is 3. The summed E-state index contributed by atoms with van der Waals surface area (Å²) >= 11 is 0. The lowest BCUT2D eigenvalue weighted by molar-refractivity contribution is 0.566. The fourth-order valence-electron chi connectivity index (χ4n) is 4.42.